The summed E-state index contributed by atoms with van der Waals surface area (Å²) >= 11 is 0. The SMILES string of the molecule is CCCOc1cccc(/C(O)=C2\C(=O)C(=O)N(c3cccc(OC(F)(F)F)c3)C2c2cccc(OC)c2)c1. The van der Waals surface area contributed by atoms with E-state index in [9.17, 15) is 27.9 Å². The van der Waals surface area contributed by atoms with Crippen LogP contribution in [0.5, 0.6) is 17.2 Å². The van der Waals surface area contributed by atoms with Gasteiger partial charge >= 0.3 is 6.36 Å². The van der Waals surface area contributed by atoms with E-state index in [0.717, 1.165) is 23.5 Å². The number of alkyl halides is 3. The van der Waals surface area contributed by atoms with E-state index in [1.54, 1.807) is 48.5 Å². The average Bonchev–Trinajstić information content (AvgIpc) is 3.16. The van der Waals surface area contributed by atoms with Crippen molar-refractivity contribution in [3.8, 4) is 17.2 Å². The number of aliphatic hydroxyl groups is 1. The van der Waals surface area contributed by atoms with Crippen molar-refractivity contribution < 1.29 is 42.1 Å². The van der Waals surface area contributed by atoms with Gasteiger partial charge in [-0.25, -0.2) is 0 Å². The Labute approximate surface area is 216 Å². The smallest absolute Gasteiger partial charge is 0.507 e. The summed E-state index contributed by atoms with van der Waals surface area (Å²) in [5.74, 6) is -2.18. The number of hydrogen-bond acceptors (Lipinski definition) is 6. The molecule has 1 amide bonds. The second-order valence-corrected chi connectivity index (χ2v) is 8.37. The van der Waals surface area contributed by atoms with Crippen LogP contribution in [0.2, 0.25) is 0 Å². The zero-order valence-corrected chi connectivity index (χ0v) is 20.5. The van der Waals surface area contributed by atoms with Gasteiger partial charge in [0.15, 0.2) is 0 Å². The van der Waals surface area contributed by atoms with Gasteiger partial charge in [-0.1, -0.05) is 37.3 Å². The molecule has 0 bridgehead atoms. The molecule has 1 atom stereocenters. The maximum absolute atomic E-state index is 13.3. The molecule has 3 aromatic carbocycles. The van der Waals surface area contributed by atoms with E-state index in [1.165, 1.54) is 19.2 Å². The monoisotopic (exact) mass is 527 g/mol. The number of Topliss-reactive ketones (excluding diaryl/α,β-unsaturated/α-hetero) is 1. The first-order valence-corrected chi connectivity index (χ1v) is 11.7. The molecule has 1 N–H and O–H groups in total. The quantitative estimate of drug-likeness (QED) is 0.220. The molecule has 10 heteroatoms. The van der Waals surface area contributed by atoms with Crippen molar-refractivity contribution in [2.75, 3.05) is 18.6 Å². The predicted molar refractivity (Wildman–Crippen MR) is 133 cm³/mol. The van der Waals surface area contributed by atoms with Crippen molar-refractivity contribution in [1.82, 2.24) is 0 Å². The Kier molecular flexibility index (Phi) is 7.61. The van der Waals surface area contributed by atoms with Crippen molar-refractivity contribution in [2.24, 2.45) is 0 Å². The standard InChI is InChI=1S/C28H24F3NO6/c1-3-13-37-21-11-5-8-18(15-21)25(33)23-24(17-7-4-10-20(14-17)36-2)32(27(35)26(23)34)19-9-6-12-22(16-19)38-28(29,30)31/h4-12,14-16,24,33H,3,13H2,1-2H3/b25-23+. The molecule has 38 heavy (non-hydrogen) atoms. The Morgan fingerprint density at radius 2 is 1.63 bits per heavy atom. The van der Waals surface area contributed by atoms with Gasteiger partial charge in [0.1, 0.15) is 23.0 Å². The van der Waals surface area contributed by atoms with Crippen LogP contribution in [-0.4, -0.2) is 36.9 Å². The number of amides is 1. The summed E-state index contributed by atoms with van der Waals surface area (Å²) < 4.78 is 53.5. The molecule has 0 saturated carbocycles. The normalized spacial score (nSPS) is 17.0. The summed E-state index contributed by atoms with van der Waals surface area (Å²) in [7, 11) is 1.44. The third-order valence-corrected chi connectivity index (χ3v) is 5.76. The molecule has 0 radical (unpaired) electrons. The highest BCUT2D eigenvalue weighted by molar-refractivity contribution is 6.51. The molecule has 1 aliphatic heterocycles. The van der Waals surface area contributed by atoms with E-state index in [0.29, 0.717) is 23.7 Å². The van der Waals surface area contributed by atoms with Crippen molar-refractivity contribution in [1.29, 1.82) is 0 Å². The number of carbonyl (C=O) groups is 2. The Balaban J connectivity index is 1.89. The van der Waals surface area contributed by atoms with Crippen molar-refractivity contribution in [3.63, 3.8) is 0 Å². The second kappa shape index (κ2) is 10.9. The topological polar surface area (TPSA) is 85.3 Å². The molecular formula is C28H24F3NO6. The molecule has 0 aromatic heterocycles. The fourth-order valence-electron chi connectivity index (χ4n) is 4.16. The number of rotatable bonds is 8. The molecule has 4 rings (SSSR count). The molecular weight excluding hydrogens is 503 g/mol. The van der Waals surface area contributed by atoms with Crippen LogP contribution in [0.3, 0.4) is 0 Å². The molecule has 1 fully saturated rings. The largest absolute Gasteiger partial charge is 0.573 e. The number of carbonyl (C=O) groups excluding carboxylic acids is 2. The number of methoxy groups -OCH3 is 1. The van der Waals surface area contributed by atoms with E-state index < -0.39 is 35.6 Å². The van der Waals surface area contributed by atoms with Crippen LogP contribution >= 0.6 is 0 Å². The van der Waals surface area contributed by atoms with Gasteiger partial charge in [0.05, 0.1) is 25.3 Å². The summed E-state index contributed by atoms with van der Waals surface area (Å²) in [6.07, 6.45) is -4.20. The lowest BCUT2D eigenvalue weighted by atomic mass is 9.95. The van der Waals surface area contributed by atoms with E-state index in [4.69, 9.17) is 9.47 Å². The maximum atomic E-state index is 13.3. The van der Waals surface area contributed by atoms with Crippen LogP contribution in [0.4, 0.5) is 18.9 Å². The first-order chi connectivity index (χ1) is 18.1. The van der Waals surface area contributed by atoms with Crippen molar-refractivity contribution >= 4 is 23.1 Å². The van der Waals surface area contributed by atoms with Crippen LogP contribution < -0.4 is 19.1 Å². The number of ether oxygens (including phenoxy) is 3. The molecule has 1 unspecified atom stereocenters. The molecule has 1 saturated heterocycles. The lowest BCUT2D eigenvalue weighted by molar-refractivity contribution is -0.274. The van der Waals surface area contributed by atoms with Gasteiger partial charge in [-0.2, -0.15) is 0 Å². The van der Waals surface area contributed by atoms with Crippen molar-refractivity contribution in [2.45, 2.75) is 25.7 Å². The minimum absolute atomic E-state index is 0.0271. The van der Waals surface area contributed by atoms with E-state index in [-0.39, 0.29) is 16.8 Å². The van der Waals surface area contributed by atoms with Crippen LogP contribution in [-0.2, 0) is 9.59 Å². The minimum Gasteiger partial charge on any atom is -0.507 e. The van der Waals surface area contributed by atoms with Crippen LogP contribution in [0.1, 0.15) is 30.5 Å². The third kappa shape index (κ3) is 5.59. The molecule has 198 valence electrons. The lowest BCUT2D eigenvalue weighted by Gasteiger charge is -2.26. The fraction of sp³-hybridized carbons (Fsp3) is 0.214. The van der Waals surface area contributed by atoms with Gasteiger partial charge in [0, 0.05) is 17.3 Å². The number of benzene rings is 3. The summed E-state index contributed by atoms with van der Waals surface area (Å²) in [6.45, 7) is 2.38. The van der Waals surface area contributed by atoms with Crippen LogP contribution in [0.25, 0.3) is 5.76 Å². The molecule has 1 heterocycles. The highest BCUT2D eigenvalue weighted by Gasteiger charge is 2.47. The third-order valence-electron chi connectivity index (χ3n) is 5.76. The van der Waals surface area contributed by atoms with Gasteiger partial charge in [-0.05, 0) is 48.4 Å². The van der Waals surface area contributed by atoms with Crippen LogP contribution in [0.15, 0.2) is 78.4 Å². The van der Waals surface area contributed by atoms with E-state index in [2.05, 4.69) is 4.74 Å². The number of hydrogen-bond donors (Lipinski definition) is 1. The average molecular weight is 527 g/mol. The molecule has 0 spiro atoms. The van der Waals surface area contributed by atoms with Gasteiger partial charge in [-0.3, -0.25) is 14.5 Å². The zero-order valence-electron chi connectivity index (χ0n) is 20.5. The van der Waals surface area contributed by atoms with Gasteiger partial charge in [0.2, 0.25) is 0 Å². The minimum atomic E-state index is -4.95. The Morgan fingerprint density at radius 1 is 0.947 bits per heavy atom. The highest BCUT2D eigenvalue weighted by atomic mass is 19.4. The lowest BCUT2D eigenvalue weighted by Crippen LogP contribution is -2.29. The fourth-order valence-corrected chi connectivity index (χ4v) is 4.16. The van der Waals surface area contributed by atoms with Gasteiger partial charge < -0.3 is 19.3 Å². The second-order valence-electron chi connectivity index (χ2n) is 8.37. The first-order valence-electron chi connectivity index (χ1n) is 11.7. The molecule has 7 nitrogen and oxygen atoms in total. The Hall–Kier alpha value is -4.47. The van der Waals surface area contributed by atoms with E-state index >= 15 is 0 Å². The Bertz CT molecular complexity index is 1380. The molecule has 3 aromatic rings. The maximum Gasteiger partial charge on any atom is 0.573 e. The highest BCUT2D eigenvalue weighted by Crippen LogP contribution is 2.44. The van der Waals surface area contributed by atoms with Gasteiger partial charge in [-0.15, -0.1) is 13.2 Å². The summed E-state index contributed by atoms with van der Waals surface area (Å²) in [6, 6.07) is 16.5. The van der Waals surface area contributed by atoms with Crippen molar-refractivity contribution in [3.05, 3.63) is 89.5 Å². The number of anilines is 1. The number of nitrogens with zero attached hydrogens (tertiary/aromatic N) is 1. The van der Waals surface area contributed by atoms with Gasteiger partial charge in [0.25, 0.3) is 11.7 Å². The van der Waals surface area contributed by atoms with Crippen LogP contribution in [0, 0.1) is 0 Å². The summed E-state index contributed by atoms with van der Waals surface area (Å²) in [5.41, 5.74) is 0.364. The number of ketones is 1. The van der Waals surface area contributed by atoms with E-state index in [1.807, 2.05) is 6.92 Å². The summed E-state index contributed by atoms with van der Waals surface area (Å²) in [5, 5.41) is 11.3. The summed E-state index contributed by atoms with van der Waals surface area (Å²) in [4.78, 5) is 27.7. The molecule has 1 aliphatic rings. The first kappa shape index (κ1) is 26.6. The predicted octanol–water partition coefficient (Wildman–Crippen LogP) is 6.01. The Morgan fingerprint density at radius 3 is 2.34 bits per heavy atom. The number of halogens is 3. The molecule has 0 aliphatic carbocycles. The number of aliphatic hydroxyl groups excluding tert-OH is 1. The zero-order chi connectivity index (χ0) is 27.4.